The van der Waals surface area contributed by atoms with Crippen LogP contribution in [-0.4, -0.2) is 69.2 Å². The van der Waals surface area contributed by atoms with Gasteiger partial charge in [-0.05, 0) is 36.7 Å². The summed E-state index contributed by atoms with van der Waals surface area (Å²) in [7, 11) is 2.10. The second-order valence-corrected chi connectivity index (χ2v) is 8.59. The molecule has 5 rings (SSSR count). The summed E-state index contributed by atoms with van der Waals surface area (Å²) in [6.07, 6.45) is 5.06. The minimum atomic E-state index is -0.235. The predicted molar refractivity (Wildman–Crippen MR) is 125 cm³/mol. The zero-order valence-corrected chi connectivity index (χ0v) is 18.2. The molecule has 4 aromatic heterocycles. The average Bonchev–Trinajstić information content (AvgIpc) is 3.25. The Labute approximate surface area is 188 Å². The normalized spacial score (nSPS) is 14.6. The first kappa shape index (κ1) is 20.2. The molecule has 0 radical (unpaired) electrons. The van der Waals surface area contributed by atoms with Crippen molar-refractivity contribution in [1.82, 2.24) is 30.0 Å². The summed E-state index contributed by atoms with van der Waals surface area (Å²) in [5, 5.41) is 13.5. The molecule has 0 aliphatic carbocycles. The summed E-state index contributed by atoms with van der Waals surface area (Å²) in [4.78, 5) is 30.5. The van der Waals surface area contributed by atoms with Crippen molar-refractivity contribution in [3.8, 4) is 10.7 Å². The Balaban J connectivity index is 1.36. The molecular weight excluding hydrogens is 426 g/mol. The van der Waals surface area contributed by atoms with E-state index in [9.17, 15) is 4.79 Å². The van der Waals surface area contributed by atoms with Crippen molar-refractivity contribution in [2.75, 3.05) is 49.2 Å². The molecule has 11 heteroatoms. The molecule has 0 spiro atoms. The number of nitrogens with zero attached hydrogens (tertiary/aromatic N) is 7. The van der Waals surface area contributed by atoms with Crippen molar-refractivity contribution in [2.24, 2.45) is 0 Å². The fraction of sp³-hybridized carbons (Fsp3) is 0.238. The van der Waals surface area contributed by atoms with Crippen LogP contribution in [0.1, 0.15) is 10.4 Å². The van der Waals surface area contributed by atoms with Gasteiger partial charge in [0.15, 0.2) is 5.01 Å². The Kier molecular flexibility index (Phi) is 5.33. The monoisotopic (exact) mass is 447 g/mol. The van der Waals surface area contributed by atoms with E-state index in [0.717, 1.165) is 42.8 Å². The van der Waals surface area contributed by atoms with Crippen molar-refractivity contribution in [3.63, 3.8) is 0 Å². The number of nitrogens with one attached hydrogen (secondary N) is 1. The molecule has 1 saturated heterocycles. The number of carbonyl (C=O) groups excluding carboxylic acids is 1. The Hall–Kier alpha value is -3.70. The first-order chi connectivity index (χ1) is 15.5. The minimum Gasteiger partial charge on any atom is -0.374 e. The van der Waals surface area contributed by atoms with Gasteiger partial charge in [0.25, 0.3) is 5.91 Å². The molecular formula is C21H21N9OS. The summed E-state index contributed by atoms with van der Waals surface area (Å²) >= 11 is 1.27. The van der Waals surface area contributed by atoms with Crippen LogP contribution in [-0.2, 0) is 0 Å². The summed E-state index contributed by atoms with van der Waals surface area (Å²) in [6, 6.07) is 7.22. The van der Waals surface area contributed by atoms with Crippen LogP contribution in [0.4, 0.5) is 16.8 Å². The van der Waals surface area contributed by atoms with Crippen LogP contribution in [0.3, 0.4) is 0 Å². The Morgan fingerprint density at radius 2 is 1.84 bits per heavy atom. The lowest BCUT2D eigenvalue weighted by atomic mass is 10.2. The van der Waals surface area contributed by atoms with E-state index in [1.807, 2.05) is 18.2 Å². The van der Waals surface area contributed by atoms with Gasteiger partial charge in [0.1, 0.15) is 17.3 Å². The number of hydrogen-bond donors (Lipinski definition) is 2. The lowest BCUT2D eigenvalue weighted by Crippen LogP contribution is -2.44. The number of rotatable bonds is 4. The van der Waals surface area contributed by atoms with Crippen molar-refractivity contribution < 1.29 is 4.79 Å². The highest BCUT2D eigenvalue weighted by Crippen LogP contribution is 2.26. The van der Waals surface area contributed by atoms with Crippen molar-refractivity contribution in [1.29, 1.82) is 0 Å². The number of fused-ring (bicyclic) bond motifs is 1. The standard InChI is InChI=1S/C21H21N9OS/c1-29-4-6-30(7-5-29)18-10-13(2-3-23-18)19(31)26-17-9-14-8-16(20-27-28-21(22)32-20)24-11-15(14)12-25-17/h2-3,8-12H,4-7H2,1H3,(H2,22,28)(H,25,26,31). The third kappa shape index (κ3) is 4.20. The SMILES string of the molecule is CN1CCN(c2cc(C(=O)Nc3cc4cc(-c5nnc(N)s5)ncc4cn3)ccn2)CC1. The van der Waals surface area contributed by atoms with E-state index in [0.29, 0.717) is 27.2 Å². The van der Waals surface area contributed by atoms with Gasteiger partial charge < -0.3 is 20.9 Å². The molecule has 5 heterocycles. The van der Waals surface area contributed by atoms with Crippen LogP contribution < -0.4 is 16.0 Å². The van der Waals surface area contributed by atoms with E-state index < -0.39 is 0 Å². The molecule has 0 aromatic carbocycles. The van der Waals surface area contributed by atoms with Gasteiger partial charge in [0.05, 0.1) is 0 Å². The molecule has 162 valence electrons. The Bertz CT molecular complexity index is 1280. The van der Waals surface area contributed by atoms with E-state index in [-0.39, 0.29) is 5.91 Å². The van der Waals surface area contributed by atoms with E-state index in [4.69, 9.17) is 5.73 Å². The second-order valence-electron chi connectivity index (χ2n) is 7.58. The van der Waals surface area contributed by atoms with Gasteiger partial charge in [0.2, 0.25) is 5.13 Å². The zero-order valence-electron chi connectivity index (χ0n) is 17.4. The average molecular weight is 448 g/mol. The lowest BCUT2D eigenvalue weighted by molar-refractivity contribution is 0.102. The second kappa shape index (κ2) is 8.44. The lowest BCUT2D eigenvalue weighted by Gasteiger charge is -2.33. The largest absolute Gasteiger partial charge is 0.374 e. The summed E-state index contributed by atoms with van der Waals surface area (Å²) in [6.45, 7) is 3.72. The number of nitrogen functional groups attached to an aromatic ring is 1. The summed E-state index contributed by atoms with van der Waals surface area (Å²) in [5.41, 5.74) is 6.88. The van der Waals surface area contributed by atoms with Gasteiger partial charge in [0, 0.05) is 55.7 Å². The van der Waals surface area contributed by atoms with Gasteiger partial charge in [-0.1, -0.05) is 11.3 Å². The van der Waals surface area contributed by atoms with Gasteiger partial charge in [-0.2, -0.15) is 0 Å². The van der Waals surface area contributed by atoms with Crippen LogP contribution in [0, 0.1) is 0 Å². The maximum atomic E-state index is 12.9. The van der Waals surface area contributed by atoms with Crippen molar-refractivity contribution >= 4 is 44.8 Å². The van der Waals surface area contributed by atoms with Gasteiger partial charge in [-0.15, -0.1) is 10.2 Å². The molecule has 1 aliphatic heterocycles. The number of nitrogens with two attached hydrogens (primary N) is 1. The highest BCUT2D eigenvalue weighted by Gasteiger charge is 2.17. The fourth-order valence-corrected chi connectivity index (χ4v) is 4.10. The number of likely N-dealkylation sites (N-methyl/N-ethyl adjacent to an activating group) is 1. The third-order valence-corrected chi connectivity index (χ3v) is 6.11. The number of pyridine rings is 3. The fourth-order valence-electron chi connectivity index (χ4n) is 3.52. The van der Waals surface area contributed by atoms with Gasteiger partial charge in [-0.3, -0.25) is 9.78 Å². The predicted octanol–water partition coefficient (Wildman–Crippen LogP) is 2.13. The zero-order chi connectivity index (χ0) is 22.1. The Morgan fingerprint density at radius 3 is 2.62 bits per heavy atom. The molecule has 10 nitrogen and oxygen atoms in total. The van der Waals surface area contributed by atoms with Crippen LogP contribution >= 0.6 is 11.3 Å². The number of anilines is 3. The number of aromatic nitrogens is 5. The minimum absolute atomic E-state index is 0.235. The maximum Gasteiger partial charge on any atom is 0.257 e. The molecule has 1 aliphatic rings. The van der Waals surface area contributed by atoms with Gasteiger partial charge in [-0.25, -0.2) is 9.97 Å². The number of carbonyl (C=O) groups is 1. The van der Waals surface area contributed by atoms with Crippen LogP contribution in [0.25, 0.3) is 21.5 Å². The molecule has 0 atom stereocenters. The molecule has 0 bridgehead atoms. The topological polar surface area (TPSA) is 126 Å². The van der Waals surface area contributed by atoms with E-state index in [1.165, 1.54) is 11.3 Å². The number of piperazine rings is 1. The quantitative estimate of drug-likeness (QED) is 0.484. The molecule has 1 fully saturated rings. The van der Waals surface area contributed by atoms with Gasteiger partial charge >= 0.3 is 0 Å². The molecule has 0 unspecified atom stereocenters. The smallest absolute Gasteiger partial charge is 0.257 e. The summed E-state index contributed by atoms with van der Waals surface area (Å²) in [5.74, 6) is 1.03. The summed E-state index contributed by atoms with van der Waals surface area (Å²) < 4.78 is 0. The van der Waals surface area contributed by atoms with Crippen LogP contribution in [0.2, 0.25) is 0 Å². The Morgan fingerprint density at radius 1 is 1.03 bits per heavy atom. The van der Waals surface area contributed by atoms with Crippen LogP contribution in [0.15, 0.2) is 42.9 Å². The highest BCUT2D eigenvalue weighted by atomic mass is 32.1. The third-order valence-electron chi connectivity index (χ3n) is 5.34. The number of hydrogen-bond acceptors (Lipinski definition) is 10. The van der Waals surface area contributed by atoms with Crippen molar-refractivity contribution in [3.05, 3.63) is 48.4 Å². The van der Waals surface area contributed by atoms with Crippen molar-refractivity contribution in [2.45, 2.75) is 0 Å². The molecule has 1 amide bonds. The van der Waals surface area contributed by atoms with E-state index in [1.54, 1.807) is 24.7 Å². The molecule has 4 aromatic rings. The molecule has 0 saturated carbocycles. The van der Waals surface area contributed by atoms with E-state index >= 15 is 0 Å². The molecule has 3 N–H and O–H groups in total. The van der Waals surface area contributed by atoms with E-state index in [2.05, 4.69) is 47.3 Å². The molecule has 32 heavy (non-hydrogen) atoms. The van der Waals surface area contributed by atoms with Crippen LogP contribution in [0.5, 0.6) is 0 Å². The first-order valence-corrected chi connectivity index (χ1v) is 10.9. The first-order valence-electron chi connectivity index (χ1n) is 10.1. The highest BCUT2D eigenvalue weighted by molar-refractivity contribution is 7.18. The number of amides is 1. The maximum absolute atomic E-state index is 12.9.